The summed E-state index contributed by atoms with van der Waals surface area (Å²) >= 11 is 5.90. The second kappa shape index (κ2) is 3.90. The summed E-state index contributed by atoms with van der Waals surface area (Å²) in [6.07, 6.45) is 0.498. The Balaban J connectivity index is 2.79. The van der Waals surface area contributed by atoms with Crippen LogP contribution >= 0.6 is 11.6 Å². The molecule has 0 spiro atoms. The molecule has 0 aromatic carbocycles. The van der Waals surface area contributed by atoms with Gasteiger partial charge in [-0.1, -0.05) is 11.6 Å². The van der Waals surface area contributed by atoms with Crippen LogP contribution in [0.5, 0.6) is 0 Å². The highest BCUT2D eigenvalue weighted by atomic mass is 35.5. The smallest absolute Gasteiger partial charge is 0.0912 e. The van der Waals surface area contributed by atoms with Crippen LogP contribution in [-0.2, 0) is 6.54 Å². The average Bonchev–Trinajstić information content (AvgIpc) is 2.30. The topological polar surface area (TPSA) is 17.8 Å². The highest BCUT2D eigenvalue weighted by molar-refractivity contribution is 6.31. The van der Waals surface area contributed by atoms with E-state index in [1.807, 2.05) is 13.8 Å². The first-order chi connectivity index (χ1) is 5.66. The summed E-state index contributed by atoms with van der Waals surface area (Å²) in [6, 6.07) is 0. The molecule has 0 unspecified atom stereocenters. The summed E-state index contributed by atoms with van der Waals surface area (Å²) in [5.74, 6) is 0. The molecule has 1 aromatic heterocycles. The van der Waals surface area contributed by atoms with Crippen LogP contribution in [0.25, 0.3) is 0 Å². The van der Waals surface area contributed by atoms with Crippen molar-refractivity contribution in [1.82, 2.24) is 9.78 Å². The monoisotopic (exact) mass is 190 g/mol. The molecule has 2 nitrogen and oxygen atoms in total. The molecule has 0 saturated heterocycles. The number of aromatic nitrogens is 2. The maximum Gasteiger partial charge on any atom is 0.0912 e. The molecule has 0 radical (unpaired) electrons. The Labute approximate surface area is 76.3 Å². The number of hydrogen-bond acceptors (Lipinski definition) is 1. The largest absolute Gasteiger partial charge is 0.268 e. The third kappa shape index (κ3) is 1.78. The second-order valence-electron chi connectivity index (χ2n) is 2.75. The van der Waals surface area contributed by atoms with Gasteiger partial charge in [0, 0.05) is 6.54 Å². The van der Waals surface area contributed by atoms with Crippen molar-refractivity contribution in [1.29, 1.82) is 0 Å². The molecule has 0 aliphatic rings. The van der Waals surface area contributed by atoms with Gasteiger partial charge >= 0.3 is 0 Å². The van der Waals surface area contributed by atoms with Crippen molar-refractivity contribution in [2.45, 2.75) is 26.8 Å². The van der Waals surface area contributed by atoms with Crippen LogP contribution in [-0.4, -0.2) is 16.5 Å². The lowest BCUT2D eigenvalue weighted by Crippen LogP contribution is -2.02. The lowest BCUT2D eigenvalue weighted by molar-refractivity contribution is 0.431. The van der Waals surface area contributed by atoms with Crippen LogP contribution in [0.2, 0.25) is 5.02 Å². The van der Waals surface area contributed by atoms with E-state index in [-0.39, 0.29) is 6.67 Å². The van der Waals surface area contributed by atoms with Crippen molar-refractivity contribution >= 4 is 11.6 Å². The predicted molar refractivity (Wildman–Crippen MR) is 47.3 cm³/mol. The Morgan fingerprint density at radius 1 is 1.50 bits per heavy atom. The molecule has 1 rings (SSSR count). The van der Waals surface area contributed by atoms with Crippen molar-refractivity contribution in [2.24, 2.45) is 0 Å². The van der Waals surface area contributed by atoms with Crippen LogP contribution in [0.3, 0.4) is 0 Å². The molecule has 0 atom stereocenters. The number of hydrogen-bond donors (Lipinski definition) is 0. The van der Waals surface area contributed by atoms with E-state index in [0.29, 0.717) is 18.0 Å². The summed E-state index contributed by atoms with van der Waals surface area (Å²) < 4.78 is 13.6. The van der Waals surface area contributed by atoms with E-state index in [1.165, 1.54) is 0 Å². The fraction of sp³-hybridized carbons (Fsp3) is 0.625. The molecule has 0 aliphatic heterocycles. The fourth-order valence-electron chi connectivity index (χ4n) is 1.10. The van der Waals surface area contributed by atoms with E-state index in [2.05, 4.69) is 5.10 Å². The van der Waals surface area contributed by atoms with E-state index in [9.17, 15) is 4.39 Å². The van der Waals surface area contributed by atoms with Crippen LogP contribution in [0.15, 0.2) is 0 Å². The first-order valence-corrected chi connectivity index (χ1v) is 4.30. The summed E-state index contributed by atoms with van der Waals surface area (Å²) in [5.41, 5.74) is 1.73. The Hall–Kier alpha value is -0.570. The number of alkyl halides is 1. The first-order valence-electron chi connectivity index (χ1n) is 3.92. The molecule has 4 heteroatoms. The highest BCUT2D eigenvalue weighted by Gasteiger charge is 2.07. The molecular weight excluding hydrogens is 179 g/mol. The van der Waals surface area contributed by atoms with E-state index in [4.69, 9.17) is 11.6 Å². The van der Waals surface area contributed by atoms with E-state index in [0.717, 1.165) is 11.4 Å². The number of rotatable bonds is 3. The van der Waals surface area contributed by atoms with Gasteiger partial charge in [0.15, 0.2) is 0 Å². The highest BCUT2D eigenvalue weighted by Crippen LogP contribution is 2.18. The van der Waals surface area contributed by atoms with E-state index in [1.54, 1.807) is 4.68 Å². The van der Waals surface area contributed by atoms with Crippen molar-refractivity contribution in [3.05, 3.63) is 16.4 Å². The van der Waals surface area contributed by atoms with Gasteiger partial charge in [-0.3, -0.25) is 9.07 Å². The molecule has 0 saturated carbocycles. The molecule has 68 valence electrons. The van der Waals surface area contributed by atoms with Crippen molar-refractivity contribution < 1.29 is 4.39 Å². The van der Waals surface area contributed by atoms with Crippen molar-refractivity contribution in [3.63, 3.8) is 0 Å². The van der Waals surface area contributed by atoms with E-state index >= 15 is 0 Å². The number of aryl methyl sites for hydroxylation is 2. The SMILES string of the molecule is Cc1nn(CCCF)c(C)c1Cl. The second-order valence-corrected chi connectivity index (χ2v) is 3.13. The summed E-state index contributed by atoms with van der Waals surface area (Å²) in [7, 11) is 0. The number of halogens is 2. The third-order valence-electron chi connectivity index (χ3n) is 1.80. The van der Waals surface area contributed by atoms with Gasteiger partial charge < -0.3 is 0 Å². The predicted octanol–water partition coefficient (Wildman–Crippen LogP) is 2.51. The van der Waals surface area contributed by atoms with Gasteiger partial charge in [0.05, 0.1) is 23.1 Å². The quantitative estimate of drug-likeness (QED) is 0.716. The average molecular weight is 191 g/mol. The lowest BCUT2D eigenvalue weighted by Gasteiger charge is -2.00. The van der Waals surface area contributed by atoms with Crippen LogP contribution in [0.4, 0.5) is 4.39 Å². The minimum Gasteiger partial charge on any atom is -0.268 e. The molecule has 0 aliphatic carbocycles. The zero-order valence-electron chi connectivity index (χ0n) is 7.27. The zero-order chi connectivity index (χ0) is 9.14. The zero-order valence-corrected chi connectivity index (χ0v) is 8.03. The Morgan fingerprint density at radius 2 is 2.17 bits per heavy atom. The van der Waals surface area contributed by atoms with Gasteiger partial charge in [0.2, 0.25) is 0 Å². The molecule has 0 bridgehead atoms. The molecule has 0 amide bonds. The molecule has 0 fully saturated rings. The van der Waals surface area contributed by atoms with Gasteiger partial charge in [0.1, 0.15) is 0 Å². The minimum absolute atomic E-state index is 0.310. The van der Waals surface area contributed by atoms with Crippen LogP contribution in [0, 0.1) is 13.8 Å². The standard InChI is InChI=1S/C8H12ClFN2/c1-6-8(9)7(2)12(11-6)5-3-4-10/h3-5H2,1-2H3. The third-order valence-corrected chi connectivity index (χ3v) is 2.34. The molecule has 1 heterocycles. The van der Waals surface area contributed by atoms with Crippen LogP contribution in [0.1, 0.15) is 17.8 Å². The Kier molecular flexibility index (Phi) is 3.09. The van der Waals surface area contributed by atoms with Gasteiger partial charge in [-0.05, 0) is 20.3 Å². The van der Waals surface area contributed by atoms with Crippen molar-refractivity contribution in [2.75, 3.05) is 6.67 Å². The van der Waals surface area contributed by atoms with Gasteiger partial charge in [0.25, 0.3) is 0 Å². The normalized spacial score (nSPS) is 10.7. The van der Waals surface area contributed by atoms with Gasteiger partial charge in [-0.25, -0.2) is 0 Å². The Morgan fingerprint density at radius 3 is 2.58 bits per heavy atom. The van der Waals surface area contributed by atoms with Crippen LogP contribution < -0.4 is 0 Å². The molecular formula is C8H12ClFN2. The molecule has 12 heavy (non-hydrogen) atoms. The maximum absolute atomic E-state index is 11.8. The first kappa shape index (κ1) is 9.52. The summed E-state index contributed by atoms with van der Waals surface area (Å²) in [4.78, 5) is 0. The lowest BCUT2D eigenvalue weighted by atomic mass is 10.4. The summed E-state index contributed by atoms with van der Waals surface area (Å²) in [5, 5.41) is 4.85. The van der Waals surface area contributed by atoms with Gasteiger partial charge in [-0.2, -0.15) is 5.10 Å². The molecule has 1 aromatic rings. The Bertz CT molecular complexity index is 270. The maximum atomic E-state index is 11.8. The van der Waals surface area contributed by atoms with Crippen molar-refractivity contribution in [3.8, 4) is 0 Å². The molecule has 0 N–H and O–H groups in total. The fourth-order valence-corrected chi connectivity index (χ4v) is 1.24. The number of nitrogens with zero attached hydrogens (tertiary/aromatic N) is 2. The minimum atomic E-state index is -0.310. The van der Waals surface area contributed by atoms with E-state index < -0.39 is 0 Å². The summed E-state index contributed by atoms with van der Waals surface area (Å²) in [6.45, 7) is 4.04. The van der Waals surface area contributed by atoms with Gasteiger partial charge in [-0.15, -0.1) is 0 Å².